The van der Waals surface area contributed by atoms with Crippen LogP contribution in [-0.2, 0) is 6.54 Å². The fourth-order valence-electron chi connectivity index (χ4n) is 4.11. The maximum Gasteiger partial charge on any atom is 0.0652 e. The van der Waals surface area contributed by atoms with Crippen molar-refractivity contribution < 1.29 is 0 Å². The number of para-hydroxylation sites is 2. The van der Waals surface area contributed by atoms with Crippen LogP contribution in [-0.4, -0.2) is 6.21 Å². The third-order valence-corrected chi connectivity index (χ3v) is 6.06. The van der Waals surface area contributed by atoms with Crippen molar-refractivity contribution in [1.29, 1.82) is 0 Å². The van der Waals surface area contributed by atoms with Crippen molar-refractivity contribution in [1.82, 2.24) is 0 Å². The molecule has 0 spiro atoms. The summed E-state index contributed by atoms with van der Waals surface area (Å²) in [7, 11) is 0. The second-order valence-corrected chi connectivity index (χ2v) is 8.73. The summed E-state index contributed by atoms with van der Waals surface area (Å²) in [5.41, 5.74) is 7.92. The van der Waals surface area contributed by atoms with Crippen molar-refractivity contribution in [2.24, 2.45) is 5.10 Å². The smallest absolute Gasteiger partial charge is 0.0652 e. The first-order valence-electron chi connectivity index (χ1n) is 12.2. The number of hydrogen-bond acceptors (Lipinski definition) is 3. The van der Waals surface area contributed by atoms with Crippen molar-refractivity contribution in [2.75, 3.05) is 9.91 Å². The summed E-state index contributed by atoms with van der Waals surface area (Å²) in [6.07, 6.45) is 1.91. The highest BCUT2D eigenvalue weighted by Crippen LogP contribution is 2.29. The Morgan fingerprint density at radius 2 is 1.00 bits per heavy atom. The van der Waals surface area contributed by atoms with Gasteiger partial charge in [-0.2, -0.15) is 5.10 Å². The molecule has 0 radical (unpaired) electrons. The van der Waals surface area contributed by atoms with E-state index in [2.05, 4.69) is 115 Å². The minimum Gasteiger partial charge on any atom is -0.337 e. The van der Waals surface area contributed by atoms with Gasteiger partial charge in [0.1, 0.15) is 0 Å². The quantitative estimate of drug-likeness (QED) is 0.168. The van der Waals surface area contributed by atoms with E-state index in [1.165, 1.54) is 16.8 Å². The molecule has 0 aliphatic rings. The van der Waals surface area contributed by atoms with E-state index in [1.807, 2.05) is 47.6 Å². The van der Waals surface area contributed by atoms with Gasteiger partial charge >= 0.3 is 0 Å². The van der Waals surface area contributed by atoms with Crippen molar-refractivity contribution >= 4 is 29.0 Å². The van der Waals surface area contributed by atoms with Crippen LogP contribution >= 0.6 is 0 Å². The predicted octanol–water partition coefficient (Wildman–Crippen LogP) is 8.51. The van der Waals surface area contributed by atoms with Crippen LogP contribution in [0.1, 0.15) is 16.7 Å². The third-order valence-electron chi connectivity index (χ3n) is 6.06. The van der Waals surface area contributed by atoms with Crippen molar-refractivity contribution in [3.05, 3.63) is 156 Å². The highest BCUT2D eigenvalue weighted by Gasteiger charge is 2.11. The molecular weight excluding hydrogens is 438 g/mol. The van der Waals surface area contributed by atoms with Gasteiger partial charge in [0.25, 0.3) is 0 Å². The molecule has 5 aromatic carbocycles. The highest BCUT2D eigenvalue weighted by atomic mass is 15.5. The van der Waals surface area contributed by atoms with Gasteiger partial charge < -0.3 is 4.90 Å². The van der Waals surface area contributed by atoms with Gasteiger partial charge in [0, 0.05) is 17.9 Å². The minimum atomic E-state index is 0.799. The zero-order valence-electron chi connectivity index (χ0n) is 20.4. The van der Waals surface area contributed by atoms with E-state index in [1.54, 1.807) is 0 Å². The van der Waals surface area contributed by atoms with E-state index in [0.717, 1.165) is 29.2 Å². The van der Waals surface area contributed by atoms with Crippen LogP contribution in [0.15, 0.2) is 145 Å². The second-order valence-electron chi connectivity index (χ2n) is 8.73. The fraction of sp³-hybridized carbons (Fsp3) is 0.0606. The van der Waals surface area contributed by atoms with E-state index in [4.69, 9.17) is 5.10 Å². The number of hydrazone groups is 1. The number of hydrogen-bond donors (Lipinski definition) is 0. The summed E-state index contributed by atoms with van der Waals surface area (Å²) in [4.78, 5) is 2.34. The SMILES string of the molecule is Cc1ccc(N(Cc2ccccc2)c2ccc(C=NN(c3ccccc3)c3ccccc3)cc2)cc1. The van der Waals surface area contributed by atoms with Crippen molar-refractivity contribution in [2.45, 2.75) is 13.5 Å². The Kier molecular flexibility index (Phi) is 7.19. The van der Waals surface area contributed by atoms with Gasteiger partial charge in [-0.3, -0.25) is 0 Å². The number of rotatable bonds is 8. The number of benzene rings is 5. The maximum atomic E-state index is 4.84. The van der Waals surface area contributed by atoms with Crippen LogP contribution in [0.25, 0.3) is 0 Å². The largest absolute Gasteiger partial charge is 0.337 e. The number of aryl methyl sites for hydroxylation is 1. The fourth-order valence-corrected chi connectivity index (χ4v) is 4.11. The van der Waals surface area contributed by atoms with Crippen molar-refractivity contribution in [3.8, 4) is 0 Å². The molecule has 0 saturated carbocycles. The van der Waals surface area contributed by atoms with E-state index in [9.17, 15) is 0 Å². The molecule has 36 heavy (non-hydrogen) atoms. The Morgan fingerprint density at radius 1 is 0.528 bits per heavy atom. The van der Waals surface area contributed by atoms with Crippen LogP contribution in [0, 0.1) is 6.92 Å². The van der Waals surface area contributed by atoms with Crippen LogP contribution in [0.5, 0.6) is 0 Å². The monoisotopic (exact) mass is 467 g/mol. The minimum absolute atomic E-state index is 0.799. The molecule has 3 heteroatoms. The first-order valence-corrected chi connectivity index (χ1v) is 12.2. The zero-order chi connectivity index (χ0) is 24.6. The lowest BCUT2D eigenvalue weighted by Crippen LogP contribution is -2.16. The highest BCUT2D eigenvalue weighted by molar-refractivity contribution is 5.83. The Balaban J connectivity index is 1.42. The summed E-state index contributed by atoms with van der Waals surface area (Å²) in [5.74, 6) is 0. The first-order chi connectivity index (χ1) is 17.8. The van der Waals surface area contributed by atoms with E-state index < -0.39 is 0 Å². The molecule has 176 valence electrons. The molecule has 0 aliphatic carbocycles. The van der Waals surface area contributed by atoms with Gasteiger partial charge in [-0.05, 0) is 66.6 Å². The summed E-state index contributed by atoms with van der Waals surface area (Å²) >= 11 is 0. The molecular formula is C33H29N3. The molecule has 0 saturated heterocycles. The number of nitrogens with zero attached hydrogens (tertiary/aromatic N) is 3. The van der Waals surface area contributed by atoms with E-state index >= 15 is 0 Å². The topological polar surface area (TPSA) is 18.8 Å². The Labute approximate surface area is 213 Å². The van der Waals surface area contributed by atoms with Gasteiger partial charge in [-0.25, -0.2) is 5.01 Å². The molecule has 0 bridgehead atoms. The van der Waals surface area contributed by atoms with Gasteiger partial charge in [0.05, 0.1) is 17.6 Å². The molecule has 3 nitrogen and oxygen atoms in total. The van der Waals surface area contributed by atoms with Crippen molar-refractivity contribution in [3.63, 3.8) is 0 Å². The standard InChI is InChI=1S/C33H29N3/c1-27-17-21-30(22-18-27)35(26-29-11-5-2-6-12-29)31-23-19-28(20-24-31)25-34-36(32-13-7-3-8-14-32)33-15-9-4-10-16-33/h2-25H,26H2,1H3. The summed E-state index contributed by atoms with van der Waals surface area (Å²) in [6.45, 7) is 2.92. The van der Waals surface area contributed by atoms with Crippen LogP contribution < -0.4 is 9.91 Å². The number of anilines is 4. The average Bonchev–Trinajstić information content (AvgIpc) is 2.95. The molecule has 0 heterocycles. The lowest BCUT2D eigenvalue weighted by atomic mass is 10.1. The molecule has 0 atom stereocenters. The first kappa shape index (κ1) is 23.1. The molecule has 0 unspecified atom stereocenters. The average molecular weight is 468 g/mol. The molecule has 0 aliphatic heterocycles. The van der Waals surface area contributed by atoms with Crippen LogP contribution in [0.3, 0.4) is 0 Å². The van der Waals surface area contributed by atoms with Crippen LogP contribution in [0.4, 0.5) is 22.7 Å². The Bertz CT molecular complexity index is 1340. The van der Waals surface area contributed by atoms with Gasteiger partial charge in [0.2, 0.25) is 0 Å². The summed E-state index contributed by atoms with van der Waals surface area (Å²) in [6, 6.07) is 48.3. The Hall–Kier alpha value is -4.63. The normalized spacial score (nSPS) is 10.9. The van der Waals surface area contributed by atoms with Crippen LogP contribution in [0.2, 0.25) is 0 Å². The third kappa shape index (κ3) is 5.70. The molecule has 0 fully saturated rings. The molecule has 0 N–H and O–H groups in total. The van der Waals surface area contributed by atoms with Gasteiger partial charge in [0.15, 0.2) is 0 Å². The summed E-state index contributed by atoms with van der Waals surface area (Å²) < 4.78 is 0. The molecule has 0 aromatic heterocycles. The van der Waals surface area contributed by atoms with Gasteiger partial charge in [-0.15, -0.1) is 0 Å². The molecule has 0 amide bonds. The molecule has 5 rings (SSSR count). The zero-order valence-corrected chi connectivity index (χ0v) is 20.4. The van der Waals surface area contributed by atoms with E-state index in [-0.39, 0.29) is 0 Å². The predicted molar refractivity (Wildman–Crippen MR) is 153 cm³/mol. The lowest BCUT2D eigenvalue weighted by molar-refractivity contribution is 0.975. The Morgan fingerprint density at radius 3 is 1.53 bits per heavy atom. The molecule has 5 aromatic rings. The lowest BCUT2D eigenvalue weighted by Gasteiger charge is -2.25. The van der Waals surface area contributed by atoms with Gasteiger partial charge in [-0.1, -0.05) is 96.6 Å². The summed E-state index contributed by atoms with van der Waals surface area (Å²) in [5, 5.41) is 6.80. The van der Waals surface area contributed by atoms with E-state index in [0.29, 0.717) is 0 Å². The second kappa shape index (κ2) is 11.2. The maximum absolute atomic E-state index is 4.84.